The molecule has 0 radical (unpaired) electrons. The topological polar surface area (TPSA) is 0 Å². The van der Waals surface area contributed by atoms with Crippen LogP contribution >= 0.6 is 0 Å². The monoisotopic (exact) mass is 312 g/mol. The molecule has 0 saturated carbocycles. The van der Waals surface area contributed by atoms with E-state index in [4.69, 9.17) is 0 Å². The van der Waals surface area contributed by atoms with Crippen LogP contribution in [0.25, 0.3) is 28.0 Å². The van der Waals surface area contributed by atoms with Gasteiger partial charge in [-0.25, -0.2) is 0 Å². The molecule has 0 aliphatic heterocycles. The van der Waals surface area contributed by atoms with E-state index < -0.39 is 0 Å². The molecule has 3 aromatic carbocycles. The van der Waals surface area contributed by atoms with Crippen molar-refractivity contribution in [1.29, 1.82) is 0 Å². The van der Waals surface area contributed by atoms with Crippen molar-refractivity contribution in [3.63, 3.8) is 0 Å². The molecule has 0 bridgehead atoms. The lowest BCUT2D eigenvalue weighted by Gasteiger charge is -2.14. The van der Waals surface area contributed by atoms with Gasteiger partial charge in [0.1, 0.15) is 0 Å². The summed E-state index contributed by atoms with van der Waals surface area (Å²) >= 11 is 0. The minimum Gasteiger partial charge on any atom is -0.0649 e. The maximum absolute atomic E-state index is 2.45. The number of benzene rings is 3. The van der Waals surface area contributed by atoms with Crippen LogP contribution in [0.5, 0.6) is 0 Å². The molecule has 4 rings (SSSR count). The molecule has 120 valence electrons. The zero-order valence-electron chi connectivity index (χ0n) is 14.8. The van der Waals surface area contributed by atoms with E-state index in [1.165, 1.54) is 45.0 Å². The third kappa shape index (κ3) is 2.57. The van der Waals surface area contributed by atoms with Crippen LogP contribution in [0.3, 0.4) is 0 Å². The Morgan fingerprint density at radius 3 is 2.58 bits per heavy atom. The summed E-state index contributed by atoms with van der Waals surface area (Å²) in [5.41, 5.74) is 8.63. The van der Waals surface area contributed by atoms with E-state index in [1.54, 1.807) is 5.57 Å². The van der Waals surface area contributed by atoms with Crippen molar-refractivity contribution in [3.8, 4) is 11.1 Å². The second-order valence-corrected chi connectivity index (χ2v) is 7.43. The number of fused-ring (bicyclic) bond motifs is 2. The first-order valence-corrected chi connectivity index (χ1v) is 8.93. The summed E-state index contributed by atoms with van der Waals surface area (Å²) in [6.45, 7) is 6.84. The predicted octanol–water partition coefficient (Wildman–Crippen LogP) is 6.80. The van der Waals surface area contributed by atoms with Gasteiger partial charge in [-0.15, -0.1) is 0 Å². The Morgan fingerprint density at radius 1 is 0.917 bits per heavy atom. The van der Waals surface area contributed by atoms with Crippen molar-refractivity contribution in [1.82, 2.24) is 0 Å². The summed E-state index contributed by atoms with van der Waals surface area (Å²) in [6.07, 6.45) is 4.76. The lowest BCUT2D eigenvalue weighted by molar-refractivity contribution is 0.638. The normalized spacial score (nSPS) is 13.4. The molecule has 0 fully saturated rings. The SMILES string of the molecule is Cc1ccc2ccccc2c1-c1cccc2c1C=C(CC(C)C)C2. The molecule has 1 aliphatic carbocycles. The number of rotatable bonds is 3. The van der Waals surface area contributed by atoms with Crippen molar-refractivity contribution in [2.75, 3.05) is 0 Å². The molecule has 24 heavy (non-hydrogen) atoms. The standard InChI is InChI=1S/C24H24/c1-16(2)13-18-14-20-8-6-10-22(23(20)15-18)24-17(3)11-12-19-7-4-5-9-21(19)24/h4-12,15-16H,13-14H2,1-3H3. The van der Waals surface area contributed by atoms with Crippen LogP contribution in [-0.4, -0.2) is 0 Å². The Balaban J connectivity index is 1.93. The fourth-order valence-corrected chi connectivity index (χ4v) is 4.05. The summed E-state index contributed by atoms with van der Waals surface area (Å²) < 4.78 is 0. The van der Waals surface area contributed by atoms with Gasteiger partial charge in [0, 0.05) is 0 Å². The predicted molar refractivity (Wildman–Crippen MR) is 105 cm³/mol. The van der Waals surface area contributed by atoms with Crippen LogP contribution in [-0.2, 0) is 6.42 Å². The number of hydrogen-bond donors (Lipinski definition) is 0. The third-order valence-electron chi connectivity index (χ3n) is 5.04. The van der Waals surface area contributed by atoms with E-state index in [-0.39, 0.29) is 0 Å². The molecule has 0 unspecified atom stereocenters. The van der Waals surface area contributed by atoms with Crippen LogP contribution in [0.1, 0.15) is 37.0 Å². The van der Waals surface area contributed by atoms with Crippen LogP contribution in [0.4, 0.5) is 0 Å². The van der Waals surface area contributed by atoms with Crippen LogP contribution < -0.4 is 0 Å². The van der Waals surface area contributed by atoms with Gasteiger partial charge in [0.05, 0.1) is 0 Å². The van der Waals surface area contributed by atoms with Gasteiger partial charge >= 0.3 is 0 Å². The Labute approximate surface area is 144 Å². The smallest absolute Gasteiger partial charge is 0.00575 e. The summed E-state index contributed by atoms with van der Waals surface area (Å²) in [4.78, 5) is 0. The highest BCUT2D eigenvalue weighted by Crippen LogP contribution is 2.39. The molecule has 0 atom stereocenters. The van der Waals surface area contributed by atoms with Gasteiger partial charge in [0.15, 0.2) is 0 Å². The van der Waals surface area contributed by atoms with Crippen molar-refractivity contribution in [2.24, 2.45) is 5.92 Å². The molecule has 0 amide bonds. The first-order chi connectivity index (χ1) is 11.6. The maximum atomic E-state index is 2.45. The molecule has 1 aliphatic rings. The molecule has 0 aromatic heterocycles. The second kappa shape index (κ2) is 5.94. The Kier molecular flexibility index (Phi) is 3.76. The highest BCUT2D eigenvalue weighted by atomic mass is 14.2. The molecule has 0 N–H and O–H groups in total. The molecular weight excluding hydrogens is 288 g/mol. The van der Waals surface area contributed by atoms with Crippen molar-refractivity contribution >= 4 is 16.8 Å². The van der Waals surface area contributed by atoms with E-state index in [0.717, 1.165) is 6.42 Å². The second-order valence-electron chi connectivity index (χ2n) is 7.43. The number of aryl methyl sites for hydroxylation is 1. The maximum Gasteiger partial charge on any atom is -0.00575 e. The highest BCUT2D eigenvalue weighted by molar-refractivity contribution is 6.00. The van der Waals surface area contributed by atoms with Crippen LogP contribution in [0.2, 0.25) is 0 Å². The first kappa shape index (κ1) is 15.2. The van der Waals surface area contributed by atoms with Crippen LogP contribution in [0.15, 0.2) is 60.2 Å². The summed E-state index contributed by atoms with van der Waals surface area (Å²) in [7, 11) is 0. The van der Waals surface area contributed by atoms with Gasteiger partial charge in [0.25, 0.3) is 0 Å². The lowest BCUT2D eigenvalue weighted by Crippen LogP contribution is -1.92. The Morgan fingerprint density at radius 2 is 1.75 bits per heavy atom. The van der Waals surface area contributed by atoms with Crippen LogP contribution in [0, 0.1) is 12.8 Å². The molecule has 3 aromatic rings. The average Bonchev–Trinajstić information content (AvgIpc) is 2.96. The fraction of sp³-hybridized carbons (Fsp3) is 0.250. The number of allylic oxidation sites excluding steroid dienone is 1. The van der Waals surface area contributed by atoms with Crippen molar-refractivity contribution < 1.29 is 0 Å². The summed E-state index contributed by atoms with van der Waals surface area (Å²) in [5, 5.41) is 2.68. The molecule has 0 saturated heterocycles. The van der Waals surface area contributed by atoms with Crippen molar-refractivity contribution in [3.05, 3.63) is 76.9 Å². The highest BCUT2D eigenvalue weighted by Gasteiger charge is 2.19. The van der Waals surface area contributed by atoms with Crippen molar-refractivity contribution in [2.45, 2.75) is 33.6 Å². The minimum absolute atomic E-state index is 0.716. The Hall–Kier alpha value is -2.34. The van der Waals surface area contributed by atoms with E-state index in [1.807, 2.05) is 0 Å². The van der Waals surface area contributed by atoms with Gasteiger partial charge in [-0.3, -0.25) is 0 Å². The zero-order valence-corrected chi connectivity index (χ0v) is 14.8. The van der Waals surface area contributed by atoms with Gasteiger partial charge in [-0.05, 0) is 64.3 Å². The summed E-state index contributed by atoms with van der Waals surface area (Å²) in [6, 6.07) is 20.0. The number of hydrogen-bond acceptors (Lipinski definition) is 0. The Bertz CT molecular complexity index is 941. The largest absolute Gasteiger partial charge is 0.0649 e. The van der Waals surface area contributed by atoms with E-state index in [0.29, 0.717) is 5.92 Å². The zero-order chi connectivity index (χ0) is 16.7. The quantitative estimate of drug-likeness (QED) is 0.499. The van der Waals surface area contributed by atoms with E-state index >= 15 is 0 Å². The lowest BCUT2D eigenvalue weighted by atomic mass is 9.90. The average molecular weight is 312 g/mol. The van der Waals surface area contributed by atoms with E-state index in [2.05, 4.69) is 81.4 Å². The van der Waals surface area contributed by atoms with Gasteiger partial charge in [0.2, 0.25) is 0 Å². The fourth-order valence-electron chi connectivity index (χ4n) is 4.05. The third-order valence-corrected chi connectivity index (χ3v) is 5.04. The van der Waals surface area contributed by atoms with Gasteiger partial charge < -0.3 is 0 Å². The minimum atomic E-state index is 0.716. The molecule has 0 spiro atoms. The first-order valence-electron chi connectivity index (χ1n) is 8.93. The van der Waals surface area contributed by atoms with Gasteiger partial charge in [-0.1, -0.05) is 80.1 Å². The molecule has 0 heterocycles. The molecular formula is C24H24. The molecule has 0 heteroatoms. The molecule has 0 nitrogen and oxygen atoms in total. The van der Waals surface area contributed by atoms with Gasteiger partial charge in [-0.2, -0.15) is 0 Å². The summed E-state index contributed by atoms with van der Waals surface area (Å²) in [5.74, 6) is 0.716. The van der Waals surface area contributed by atoms with E-state index in [9.17, 15) is 0 Å².